The normalized spacial score (nSPS) is 16.9. The average molecular weight is 479 g/mol. The molecule has 1 fully saturated rings. The van der Waals surface area contributed by atoms with E-state index in [1.165, 1.54) is 7.11 Å². The maximum Gasteiger partial charge on any atom is 0.328 e. The summed E-state index contributed by atoms with van der Waals surface area (Å²) < 4.78 is 10.6. The van der Waals surface area contributed by atoms with Gasteiger partial charge in [-0.2, -0.15) is 0 Å². The van der Waals surface area contributed by atoms with Gasteiger partial charge in [0.25, 0.3) is 0 Å². The van der Waals surface area contributed by atoms with E-state index in [4.69, 9.17) is 9.47 Å². The molecule has 1 aliphatic carbocycles. The van der Waals surface area contributed by atoms with Crippen LogP contribution in [0.4, 0.5) is 0 Å². The fraction of sp³-hybridized carbons (Fsp3) is 0.429. The molecule has 1 heterocycles. The zero-order valence-corrected chi connectivity index (χ0v) is 20.3. The van der Waals surface area contributed by atoms with E-state index in [-0.39, 0.29) is 12.3 Å². The monoisotopic (exact) mass is 478 g/mol. The number of aliphatic hydroxyl groups is 1. The summed E-state index contributed by atoms with van der Waals surface area (Å²) in [6, 6.07) is 14.2. The first-order chi connectivity index (χ1) is 17.0. The number of hydrogen-bond donors (Lipinski definition) is 3. The quantitative estimate of drug-likeness (QED) is 0.402. The molecular weight excluding hydrogens is 444 g/mol. The van der Waals surface area contributed by atoms with Gasteiger partial charge < -0.3 is 24.9 Å². The maximum absolute atomic E-state index is 13.8. The minimum Gasteiger partial charge on any atom is -0.496 e. The molecule has 0 radical (unpaired) electrons. The second-order valence-electron chi connectivity index (χ2n) is 9.26. The summed E-state index contributed by atoms with van der Waals surface area (Å²) in [5, 5.41) is 15.3. The first kappa shape index (κ1) is 24.8. The standard InChI is InChI=1S/C28H34N2O5/c1-34-24-15-9-7-13-21(24)25(26(31)18-10-4-3-5-11-18)27(32)30-23(28(33)35-2)16-19-17-29-22-14-8-6-12-20(19)22/h6-9,12-15,17-18,23,25-26,29,31H,3-5,10-11,16H2,1-2H3,(H,30,32)/t23-,25?,26?/m0/s1. The van der Waals surface area contributed by atoms with Gasteiger partial charge in [-0.1, -0.05) is 55.7 Å². The number of nitrogens with one attached hydrogen (secondary N) is 2. The minimum atomic E-state index is -0.900. The molecule has 7 nitrogen and oxygen atoms in total. The number of carbonyl (C=O) groups is 2. The molecule has 4 rings (SSSR count). The number of ether oxygens (including phenoxy) is 2. The number of methoxy groups -OCH3 is 2. The molecule has 35 heavy (non-hydrogen) atoms. The summed E-state index contributed by atoms with van der Waals surface area (Å²) in [4.78, 5) is 29.7. The molecule has 3 N–H and O–H groups in total. The third kappa shape index (κ3) is 5.51. The Morgan fingerprint density at radius 1 is 1.06 bits per heavy atom. The fourth-order valence-electron chi connectivity index (χ4n) is 5.27. The number of para-hydroxylation sites is 2. The van der Waals surface area contributed by atoms with Gasteiger partial charge in [-0.25, -0.2) is 4.79 Å². The molecule has 1 amide bonds. The Morgan fingerprint density at radius 3 is 2.51 bits per heavy atom. The smallest absolute Gasteiger partial charge is 0.328 e. The summed E-state index contributed by atoms with van der Waals surface area (Å²) in [5.41, 5.74) is 2.47. The van der Waals surface area contributed by atoms with E-state index in [1.54, 1.807) is 13.2 Å². The lowest BCUT2D eigenvalue weighted by molar-refractivity contribution is -0.145. The van der Waals surface area contributed by atoms with Crippen LogP contribution in [-0.4, -0.2) is 48.3 Å². The van der Waals surface area contributed by atoms with Crippen LogP contribution >= 0.6 is 0 Å². The number of benzene rings is 2. The number of H-pyrrole nitrogens is 1. The Hall–Kier alpha value is -3.32. The second kappa shape index (κ2) is 11.4. The zero-order chi connectivity index (χ0) is 24.8. The molecule has 1 aliphatic rings. The van der Waals surface area contributed by atoms with E-state index in [9.17, 15) is 14.7 Å². The SMILES string of the molecule is COC(=O)[C@H](Cc1c[nH]c2ccccc12)NC(=O)C(c1ccccc1OC)C(O)C1CCCCC1. The van der Waals surface area contributed by atoms with Crippen molar-refractivity contribution in [3.63, 3.8) is 0 Å². The van der Waals surface area contributed by atoms with Crippen LogP contribution in [0.3, 0.4) is 0 Å². The van der Waals surface area contributed by atoms with Crippen LogP contribution in [0.25, 0.3) is 10.9 Å². The van der Waals surface area contributed by atoms with Gasteiger partial charge in [0.15, 0.2) is 0 Å². The molecule has 186 valence electrons. The van der Waals surface area contributed by atoms with Crippen LogP contribution in [0.2, 0.25) is 0 Å². The molecule has 7 heteroatoms. The number of carbonyl (C=O) groups excluding carboxylic acids is 2. The van der Waals surface area contributed by atoms with Crippen molar-refractivity contribution in [2.45, 2.75) is 56.6 Å². The van der Waals surface area contributed by atoms with Crippen LogP contribution in [-0.2, 0) is 20.7 Å². The number of fused-ring (bicyclic) bond motifs is 1. The van der Waals surface area contributed by atoms with Crippen LogP contribution in [0.5, 0.6) is 5.75 Å². The molecule has 2 aromatic carbocycles. The number of aromatic amines is 1. The Balaban J connectivity index is 1.63. The third-order valence-electron chi connectivity index (χ3n) is 7.13. The van der Waals surface area contributed by atoms with E-state index >= 15 is 0 Å². The summed E-state index contributed by atoms with van der Waals surface area (Å²) in [6.45, 7) is 0. The molecular formula is C28H34N2O5. The molecule has 0 spiro atoms. The van der Waals surface area contributed by atoms with Crippen molar-refractivity contribution in [1.82, 2.24) is 10.3 Å². The van der Waals surface area contributed by atoms with Crippen molar-refractivity contribution in [1.29, 1.82) is 0 Å². The van der Waals surface area contributed by atoms with E-state index in [0.29, 0.717) is 11.3 Å². The number of hydrogen-bond acceptors (Lipinski definition) is 5. The Labute approximate surface area is 205 Å². The highest BCUT2D eigenvalue weighted by Crippen LogP contribution is 2.37. The van der Waals surface area contributed by atoms with Gasteiger partial charge in [0, 0.05) is 29.1 Å². The van der Waals surface area contributed by atoms with Gasteiger partial charge in [0.2, 0.25) is 5.91 Å². The van der Waals surface area contributed by atoms with Crippen molar-refractivity contribution >= 4 is 22.8 Å². The third-order valence-corrected chi connectivity index (χ3v) is 7.13. The molecule has 3 aromatic rings. The van der Waals surface area contributed by atoms with Crippen LogP contribution in [0.15, 0.2) is 54.7 Å². The van der Waals surface area contributed by atoms with Gasteiger partial charge >= 0.3 is 5.97 Å². The lowest BCUT2D eigenvalue weighted by atomic mass is 9.77. The minimum absolute atomic E-state index is 0.00889. The van der Waals surface area contributed by atoms with Gasteiger partial charge in [0.05, 0.1) is 26.2 Å². The number of rotatable bonds is 9. The first-order valence-electron chi connectivity index (χ1n) is 12.3. The van der Waals surface area contributed by atoms with E-state index < -0.39 is 29.9 Å². The predicted octanol–water partition coefficient (Wildman–Crippen LogP) is 4.10. The molecule has 3 atom stereocenters. The summed E-state index contributed by atoms with van der Waals surface area (Å²) in [6.07, 6.45) is 6.18. The number of aromatic nitrogens is 1. The Morgan fingerprint density at radius 2 is 1.77 bits per heavy atom. The number of aliphatic hydroxyl groups excluding tert-OH is 1. The number of amides is 1. The van der Waals surface area contributed by atoms with Gasteiger partial charge in [-0.3, -0.25) is 4.79 Å². The summed E-state index contributed by atoms with van der Waals surface area (Å²) in [7, 11) is 2.86. The van der Waals surface area contributed by atoms with Crippen LogP contribution < -0.4 is 10.1 Å². The summed E-state index contributed by atoms with van der Waals surface area (Å²) >= 11 is 0. The lowest BCUT2D eigenvalue weighted by Crippen LogP contribution is -2.48. The van der Waals surface area contributed by atoms with Crippen molar-refractivity contribution in [2.24, 2.45) is 5.92 Å². The van der Waals surface area contributed by atoms with Gasteiger partial charge in [-0.05, 0) is 36.5 Å². The largest absolute Gasteiger partial charge is 0.496 e. The predicted molar refractivity (Wildman–Crippen MR) is 134 cm³/mol. The van der Waals surface area contributed by atoms with Crippen LogP contribution in [0, 0.1) is 5.92 Å². The van der Waals surface area contributed by atoms with Crippen molar-refractivity contribution in [3.8, 4) is 5.75 Å². The second-order valence-corrected chi connectivity index (χ2v) is 9.26. The highest BCUT2D eigenvalue weighted by atomic mass is 16.5. The highest BCUT2D eigenvalue weighted by Gasteiger charge is 2.38. The molecule has 1 aromatic heterocycles. The summed E-state index contributed by atoms with van der Waals surface area (Å²) in [5.74, 6) is -1.27. The van der Waals surface area contributed by atoms with Crippen LogP contribution in [0.1, 0.15) is 49.1 Å². The molecule has 0 saturated heterocycles. The topological polar surface area (TPSA) is 101 Å². The fourth-order valence-corrected chi connectivity index (χ4v) is 5.27. The molecule has 0 bridgehead atoms. The van der Waals surface area contributed by atoms with Crippen molar-refractivity contribution in [3.05, 3.63) is 65.9 Å². The molecule has 0 aliphatic heterocycles. The molecule has 1 saturated carbocycles. The van der Waals surface area contributed by atoms with Gasteiger partial charge in [-0.15, -0.1) is 0 Å². The highest BCUT2D eigenvalue weighted by molar-refractivity contribution is 5.90. The van der Waals surface area contributed by atoms with Crippen molar-refractivity contribution < 1.29 is 24.2 Å². The maximum atomic E-state index is 13.8. The van der Waals surface area contributed by atoms with E-state index in [1.807, 2.05) is 48.7 Å². The average Bonchev–Trinajstić information content (AvgIpc) is 3.31. The Bertz CT molecular complexity index is 1150. The Kier molecular flexibility index (Phi) is 8.08. The van der Waals surface area contributed by atoms with Crippen molar-refractivity contribution in [2.75, 3.05) is 14.2 Å². The number of esters is 1. The molecule has 2 unspecified atom stereocenters. The van der Waals surface area contributed by atoms with E-state index in [0.717, 1.165) is 48.6 Å². The lowest BCUT2D eigenvalue weighted by Gasteiger charge is -2.33. The first-order valence-corrected chi connectivity index (χ1v) is 12.3. The van der Waals surface area contributed by atoms with Gasteiger partial charge in [0.1, 0.15) is 11.8 Å². The van der Waals surface area contributed by atoms with E-state index in [2.05, 4.69) is 10.3 Å². The zero-order valence-electron chi connectivity index (χ0n) is 20.3.